The molecule has 1 aromatic carbocycles. The summed E-state index contributed by atoms with van der Waals surface area (Å²) in [5, 5.41) is 1.57. The summed E-state index contributed by atoms with van der Waals surface area (Å²) in [6.07, 6.45) is 4.67. The summed E-state index contributed by atoms with van der Waals surface area (Å²) in [4.78, 5) is 34.6. The molecule has 140 valence electrons. The Bertz CT molecular complexity index is 1130. The summed E-state index contributed by atoms with van der Waals surface area (Å²) in [7, 11) is 3.15. The molecular weight excluding hydrogens is 360 g/mol. The second-order valence-electron chi connectivity index (χ2n) is 7.15. The summed E-state index contributed by atoms with van der Waals surface area (Å²) in [5.74, 6) is 0.547. The van der Waals surface area contributed by atoms with Crippen molar-refractivity contribution in [3.05, 3.63) is 50.7 Å². The molecule has 1 aliphatic rings. The van der Waals surface area contributed by atoms with Gasteiger partial charge in [-0.05, 0) is 19.8 Å². The maximum absolute atomic E-state index is 12.8. The summed E-state index contributed by atoms with van der Waals surface area (Å²) >= 11 is 1.65. The molecule has 6 nitrogen and oxygen atoms in total. The van der Waals surface area contributed by atoms with Crippen LogP contribution in [-0.4, -0.2) is 24.4 Å². The minimum Gasteiger partial charge on any atom is -0.280 e. The van der Waals surface area contributed by atoms with E-state index in [9.17, 15) is 9.59 Å². The molecule has 4 rings (SSSR count). The number of rotatable bonds is 3. The molecule has 0 saturated heterocycles. The standard InChI is InChI=1S/C20H22N4O2S/c1-12-8-10-13(11-9-12)16-21-17-15(19(25)24(3)20(26)23(17)2)18(22-16)27-14-6-4-5-7-14/h8-11,14H,4-7H2,1-3H3. The average molecular weight is 382 g/mol. The molecule has 0 atom stereocenters. The maximum atomic E-state index is 12.8. The normalized spacial score (nSPS) is 14.9. The van der Waals surface area contributed by atoms with Gasteiger partial charge in [0.15, 0.2) is 11.5 Å². The highest BCUT2D eigenvalue weighted by Gasteiger charge is 2.23. The average Bonchev–Trinajstić information content (AvgIpc) is 3.17. The lowest BCUT2D eigenvalue weighted by atomic mass is 10.1. The zero-order valence-electron chi connectivity index (χ0n) is 15.7. The van der Waals surface area contributed by atoms with E-state index in [2.05, 4.69) is 4.98 Å². The molecule has 2 heterocycles. The lowest BCUT2D eigenvalue weighted by molar-refractivity contribution is 0.703. The quantitative estimate of drug-likeness (QED) is 0.651. The summed E-state index contributed by atoms with van der Waals surface area (Å²) in [5.41, 5.74) is 1.72. The SMILES string of the molecule is Cc1ccc(-c2nc(SC3CCCC3)c3c(=O)n(C)c(=O)n(C)c3n2)cc1. The number of benzene rings is 1. The number of hydrogen-bond donors (Lipinski definition) is 0. The molecule has 27 heavy (non-hydrogen) atoms. The molecule has 0 unspecified atom stereocenters. The van der Waals surface area contributed by atoms with Gasteiger partial charge < -0.3 is 0 Å². The summed E-state index contributed by atoms with van der Waals surface area (Å²) in [6.45, 7) is 2.03. The fourth-order valence-corrected chi connectivity index (χ4v) is 4.83. The van der Waals surface area contributed by atoms with Gasteiger partial charge in [-0.15, -0.1) is 11.8 Å². The number of thioether (sulfide) groups is 1. The van der Waals surface area contributed by atoms with Crippen molar-refractivity contribution >= 4 is 22.8 Å². The first-order chi connectivity index (χ1) is 13.0. The van der Waals surface area contributed by atoms with Crippen LogP contribution in [0.3, 0.4) is 0 Å². The zero-order chi connectivity index (χ0) is 19.1. The van der Waals surface area contributed by atoms with Gasteiger partial charge in [-0.1, -0.05) is 42.7 Å². The van der Waals surface area contributed by atoms with Crippen LogP contribution in [0.5, 0.6) is 0 Å². The van der Waals surface area contributed by atoms with Crippen molar-refractivity contribution in [2.75, 3.05) is 0 Å². The summed E-state index contributed by atoms with van der Waals surface area (Å²) < 4.78 is 2.57. The number of aryl methyl sites for hydroxylation is 2. The third-order valence-corrected chi connectivity index (χ3v) is 6.48. The maximum Gasteiger partial charge on any atom is 0.332 e. The van der Waals surface area contributed by atoms with Crippen LogP contribution in [0, 0.1) is 6.92 Å². The molecule has 0 N–H and O–H groups in total. The van der Waals surface area contributed by atoms with Crippen molar-refractivity contribution in [2.24, 2.45) is 14.1 Å². The topological polar surface area (TPSA) is 69.8 Å². The van der Waals surface area contributed by atoms with Gasteiger partial charge in [-0.3, -0.25) is 13.9 Å². The Morgan fingerprint density at radius 2 is 1.67 bits per heavy atom. The molecule has 0 radical (unpaired) electrons. The Labute approximate surface area is 161 Å². The van der Waals surface area contributed by atoms with E-state index in [4.69, 9.17) is 4.98 Å². The highest BCUT2D eigenvalue weighted by atomic mass is 32.2. The smallest absolute Gasteiger partial charge is 0.280 e. The fourth-order valence-electron chi connectivity index (χ4n) is 3.51. The Morgan fingerprint density at radius 3 is 2.33 bits per heavy atom. The van der Waals surface area contributed by atoms with E-state index in [-0.39, 0.29) is 11.2 Å². The Balaban J connectivity index is 1.99. The van der Waals surface area contributed by atoms with E-state index in [0.717, 1.165) is 28.5 Å². The van der Waals surface area contributed by atoms with Crippen LogP contribution in [0.4, 0.5) is 0 Å². The molecule has 3 aromatic rings. The largest absolute Gasteiger partial charge is 0.332 e. The third kappa shape index (κ3) is 3.20. The minimum atomic E-state index is -0.377. The second kappa shape index (κ2) is 6.96. The molecule has 0 spiro atoms. The van der Waals surface area contributed by atoms with Crippen molar-refractivity contribution in [3.63, 3.8) is 0 Å². The predicted octanol–water partition coefficient (Wildman–Crippen LogP) is 3.04. The van der Waals surface area contributed by atoms with Crippen LogP contribution in [0.2, 0.25) is 0 Å². The van der Waals surface area contributed by atoms with Crippen LogP contribution >= 0.6 is 11.8 Å². The van der Waals surface area contributed by atoms with E-state index >= 15 is 0 Å². The van der Waals surface area contributed by atoms with E-state index in [0.29, 0.717) is 27.1 Å². The first-order valence-electron chi connectivity index (χ1n) is 9.17. The van der Waals surface area contributed by atoms with Gasteiger partial charge in [0.25, 0.3) is 5.56 Å². The minimum absolute atomic E-state index is 0.330. The van der Waals surface area contributed by atoms with Gasteiger partial charge >= 0.3 is 5.69 Å². The molecule has 0 amide bonds. The molecule has 0 bridgehead atoms. The van der Waals surface area contributed by atoms with Gasteiger partial charge in [0.1, 0.15) is 10.4 Å². The number of fused-ring (bicyclic) bond motifs is 1. The van der Waals surface area contributed by atoms with Crippen molar-refractivity contribution in [2.45, 2.75) is 42.9 Å². The molecule has 0 aliphatic heterocycles. The molecule has 1 saturated carbocycles. The van der Waals surface area contributed by atoms with Gasteiger partial charge in [-0.25, -0.2) is 14.8 Å². The highest BCUT2D eigenvalue weighted by Crippen LogP contribution is 2.36. The van der Waals surface area contributed by atoms with Gasteiger partial charge in [0, 0.05) is 24.9 Å². The molecule has 2 aromatic heterocycles. The molecule has 1 fully saturated rings. The monoisotopic (exact) mass is 382 g/mol. The summed E-state index contributed by atoms with van der Waals surface area (Å²) in [6, 6.07) is 7.96. The van der Waals surface area contributed by atoms with Gasteiger partial charge in [0.2, 0.25) is 0 Å². The van der Waals surface area contributed by atoms with Crippen molar-refractivity contribution in [1.29, 1.82) is 0 Å². The number of nitrogens with zero attached hydrogens (tertiary/aromatic N) is 4. The van der Waals surface area contributed by atoms with Crippen LogP contribution in [0.25, 0.3) is 22.4 Å². The lowest BCUT2D eigenvalue weighted by Crippen LogP contribution is -2.37. The van der Waals surface area contributed by atoms with E-state index < -0.39 is 0 Å². The van der Waals surface area contributed by atoms with E-state index in [1.165, 1.54) is 24.5 Å². The van der Waals surface area contributed by atoms with E-state index in [1.807, 2.05) is 31.2 Å². The predicted molar refractivity (Wildman–Crippen MR) is 108 cm³/mol. The van der Waals surface area contributed by atoms with Crippen LogP contribution < -0.4 is 11.2 Å². The van der Waals surface area contributed by atoms with Crippen LogP contribution in [-0.2, 0) is 14.1 Å². The molecule has 7 heteroatoms. The first-order valence-corrected chi connectivity index (χ1v) is 10.0. The Hall–Kier alpha value is -2.41. The van der Waals surface area contributed by atoms with Crippen molar-refractivity contribution in [3.8, 4) is 11.4 Å². The Kier molecular flexibility index (Phi) is 4.63. The number of hydrogen-bond acceptors (Lipinski definition) is 5. The second-order valence-corrected chi connectivity index (χ2v) is 8.44. The van der Waals surface area contributed by atoms with Gasteiger partial charge in [0.05, 0.1) is 0 Å². The number of aromatic nitrogens is 4. The first kappa shape index (κ1) is 18.0. The fraction of sp³-hybridized carbons (Fsp3) is 0.400. The molecular formula is C20H22N4O2S. The van der Waals surface area contributed by atoms with Crippen LogP contribution in [0.15, 0.2) is 38.9 Å². The van der Waals surface area contributed by atoms with Crippen LogP contribution in [0.1, 0.15) is 31.2 Å². The van der Waals surface area contributed by atoms with E-state index in [1.54, 1.807) is 18.8 Å². The highest BCUT2D eigenvalue weighted by molar-refractivity contribution is 8.00. The van der Waals surface area contributed by atoms with Gasteiger partial charge in [-0.2, -0.15) is 0 Å². The lowest BCUT2D eigenvalue weighted by Gasteiger charge is -2.14. The third-order valence-electron chi connectivity index (χ3n) is 5.16. The van der Waals surface area contributed by atoms with Crippen molar-refractivity contribution < 1.29 is 0 Å². The Morgan fingerprint density at radius 1 is 1.00 bits per heavy atom. The molecule has 1 aliphatic carbocycles. The zero-order valence-corrected chi connectivity index (χ0v) is 16.5. The van der Waals surface area contributed by atoms with Crippen molar-refractivity contribution in [1.82, 2.24) is 19.1 Å².